The van der Waals surface area contributed by atoms with Crippen molar-refractivity contribution in [3.8, 4) is 0 Å². The summed E-state index contributed by atoms with van der Waals surface area (Å²) in [5.74, 6) is -0.477. The van der Waals surface area contributed by atoms with Crippen molar-refractivity contribution in [3.05, 3.63) is 70.8 Å². The Morgan fingerprint density at radius 1 is 1.13 bits per heavy atom. The average Bonchev–Trinajstić information content (AvgIpc) is 3.11. The summed E-state index contributed by atoms with van der Waals surface area (Å²) in [6, 6.07) is 14.0. The molecule has 4 rings (SSSR count). The van der Waals surface area contributed by atoms with E-state index in [1.54, 1.807) is 24.3 Å². The quantitative estimate of drug-likeness (QED) is 0.611. The molecule has 0 saturated carbocycles. The van der Waals surface area contributed by atoms with Crippen LogP contribution in [0.2, 0.25) is 0 Å². The number of aliphatic hydroxyl groups excluding tert-OH is 2. The van der Waals surface area contributed by atoms with Gasteiger partial charge in [-0.1, -0.05) is 42.0 Å². The number of hydrogen-bond acceptors (Lipinski definition) is 8. The molecule has 2 aliphatic heterocycles. The summed E-state index contributed by atoms with van der Waals surface area (Å²) in [4.78, 5) is 11.7. The summed E-state index contributed by atoms with van der Waals surface area (Å²) in [5, 5.41) is 31.4. The molecule has 166 valence electrons. The summed E-state index contributed by atoms with van der Waals surface area (Å²) < 4.78 is 22.6. The van der Waals surface area contributed by atoms with Gasteiger partial charge in [-0.05, 0) is 24.6 Å². The van der Waals surface area contributed by atoms with Gasteiger partial charge in [-0.2, -0.15) is 0 Å². The van der Waals surface area contributed by atoms with E-state index < -0.39 is 48.9 Å². The van der Waals surface area contributed by atoms with Crippen LogP contribution in [0.5, 0.6) is 0 Å². The van der Waals surface area contributed by atoms with Crippen LogP contribution in [0.3, 0.4) is 0 Å². The lowest BCUT2D eigenvalue weighted by atomic mass is 9.85. The number of rotatable bonds is 5. The molecule has 0 spiro atoms. The van der Waals surface area contributed by atoms with Gasteiger partial charge in [-0.3, -0.25) is 0 Å². The van der Waals surface area contributed by atoms with Crippen LogP contribution < -0.4 is 0 Å². The Morgan fingerprint density at radius 3 is 2.39 bits per heavy atom. The van der Waals surface area contributed by atoms with Crippen molar-refractivity contribution in [1.29, 1.82) is 0 Å². The highest BCUT2D eigenvalue weighted by Gasteiger charge is 2.61. The molecule has 0 aromatic heterocycles. The minimum Gasteiger partial charge on any atom is -0.465 e. The Morgan fingerprint density at radius 2 is 1.77 bits per heavy atom. The molecular formula is C23H26O8. The van der Waals surface area contributed by atoms with Gasteiger partial charge in [-0.25, -0.2) is 4.79 Å². The normalized spacial score (nSPS) is 31.1. The molecule has 0 radical (unpaired) electrons. The highest BCUT2D eigenvalue weighted by Crippen LogP contribution is 2.49. The van der Waals surface area contributed by atoms with Crippen molar-refractivity contribution in [2.45, 2.75) is 43.2 Å². The zero-order valence-electron chi connectivity index (χ0n) is 17.3. The second-order valence-corrected chi connectivity index (χ2v) is 7.95. The van der Waals surface area contributed by atoms with Crippen LogP contribution in [0.4, 0.5) is 0 Å². The molecule has 8 nitrogen and oxygen atoms in total. The zero-order chi connectivity index (χ0) is 22.2. The van der Waals surface area contributed by atoms with Crippen LogP contribution in [0.15, 0.2) is 48.5 Å². The van der Waals surface area contributed by atoms with Crippen molar-refractivity contribution >= 4 is 5.97 Å². The molecule has 2 fully saturated rings. The lowest BCUT2D eigenvalue weighted by molar-refractivity contribution is -0.292. The maximum atomic E-state index is 11.7. The lowest BCUT2D eigenvalue weighted by Crippen LogP contribution is -2.56. The van der Waals surface area contributed by atoms with Gasteiger partial charge in [0.15, 0.2) is 6.29 Å². The number of benzene rings is 2. The third kappa shape index (κ3) is 3.98. The van der Waals surface area contributed by atoms with Crippen molar-refractivity contribution in [2.75, 3.05) is 20.3 Å². The molecule has 2 heterocycles. The van der Waals surface area contributed by atoms with Crippen LogP contribution in [-0.2, 0) is 18.9 Å². The number of carbonyl (C=O) groups is 1. The lowest BCUT2D eigenvalue weighted by Gasteiger charge is -2.41. The van der Waals surface area contributed by atoms with Crippen LogP contribution in [-0.4, -0.2) is 65.5 Å². The standard InChI is InChI=1S/C23H26O8/c1-13-3-5-16(6-4-13)22-29-12-23(27)19(30-18(17(25)11-24)20(23)31-22)14-7-9-15(10-8-14)21(26)28-2/h3-10,17-20,22,24-25,27H,11-12H2,1-2H3/t17?,18-,19?,20+,22?,23-/m1/s1. The van der Waals surface area contributed by atoms with Gasteiger partial charge in [0.25, 0.3) is 0 Å². The number of carbonyl (C=O) groups excluding carboxylic acids is 1. The van der Waals surface area contributed by atoms with Crippen molar-refractivity contribution in [3.63, 3.8) is 0 Å². The van der Waals surface area contributed by atoms with Crippen LogP contribution in [0.25, 0.3) is 0 Å². The summed E-state index contributed by atoms with van der Waals surface area (Å²) >= 11 is 0. The summed E-state index contributed by atoms with van der Waals surface area (Å²) in [5.41, 5.74) is 1.19. The molecule has 0 amide bonds. The molecule has 31 heavy (non-hydrogen) atoms. The zero-order valence-corrected chi connectivity index (χ0v) is 17.3. The Kier molecular flexibility index (Phi) is 6.11. The first kappa shape index (κ1) is 21.9. The predicted molar refractivity (Wildman–Crippen MR) is 108 cm³/mol. The summed E-state index contributed by atoms with van der Waals surface area (Å²) in [7, 11) is 1.30. The van der Waals surface area contributed by atoms with Gasteiger partial charge in [-0.15, -0.1) is 0 Å². The smallest absolute Gasteiger partial charge is 0.337 e. The van der Waals surface area contributed by atoms with Gasteiger partial charge in [0.1, 0.15) is 30.0 Å². The average molecular weight is 430 g/mol. The maximum Gasteiger partial charge on any atom is 0.337 e. The number of aliphatic hydroxyl groups is 3. The Labute approximate surface area is 179 Å². The molecule has 2 saturated heterocycles. The first-order valence-electron chi connectivity index (χ1n) is 10.1. The molecule has 2 aromatic rings. The third-order valence-electron chi connectivity index (χ3n) is 5.82. The van der Waals surface area contributed by atoms with Crippen molar-refractivity contribution < 1.29 is 39.1 Å². The minimum absolute atomic E-state index is 0.103. The van der Waals surface area contributed by atoms with E-state index >= 15 is 0 Å². The molecule has 0 aliphatic carbocycles. The fourth-order valence-electron chi connectivity index (χ4n) is 4.09. The van der Waals surface area contributed by atoms with Gasteiger partial charge in [0, 0.05) is 5.56 Å². The topological polar surface area (TPSA) is 115 Å². The Bertz CT molecular complexity index is 912. The first-order valence-corrected chi connectivity index (χ1v) is 10.1. The number of fused-ring (bicyclic) bond motifs is 1. The third-order valence-corrected chi connectivity index (χ3v) is 5.82. The second kappa shape index (κ2) is 8.66. The van der Waals surface area contributed by atoms with Crippen molar-refractivity contribution in [1.82, 2.24) is 0 Å². The maximum absolute atomic E-state index is 11.7. The molecule has 6 atom stereocenters. The predicted octanol–water partition coefficient (Wildman–Crippen LogP) is 1.42. The monoisotopic (exact) mass is 430 g/mol. The van der Waals surface area contributed by atoms with Crippen LogP contribution >= 0.6 is 0 Å². The van der Waals surface area contributed by atoms with E-state index in [0.717, 1.165) is 11.1 Å². The number of esters is 1. The van der Waals surface area contributed by atoms with Crippen LogP contribution in [0, 0.1) is 6.92 Å². The van der Waals surface area contributed by atoms with Gasteiger partial charge < -0.3 is 34.3 Å². The van der Waals surface area contributed by atoms with E-state index in [2.05, 4.69) is 0 Å². The van der Waals surface area contributed by atoms with Gasteiger partial charge in [0.05, 0.1) is 25.9 Å². The fraction of sp³-hybridized carbons (Fsp3) is 0.435. The van der Waals surface area contributed by atoms with E-state index in [-0.39, 0.29) is 6.61 Å². The highest BCUT2D eigenvalue weighted by atomic mass is 16.7. The highest BCUT2D eigenvalue weighted by molar-refractivity contribution is 5.89. The van der Waals surface area contributed by atoms with E-state index in [1.807, 2.05) is 31.2 Å². The molecule has 0 bridgehead atoms. The summed E-state index contributed by atoms with van der Waals surface area (Å²) in [6.45, 7) is 1.32. The molecular weight excluding hydrogens is 404 g/mol. The molecule has 3 N–H and O–H groups in total. The second-order valence-electron chi connectivity index (χ2n) is 7.95. The number of methoxy groups -OCH3 is 1. The minimum atomic E-state index is -1.60. The number of aryl methyl sites for hydroxylation is 1. The SMILES string of the molecule is COC(=O)c1ccc(C2O[C@H](C(O)CO)[C@@H]3OC(c4ccc(C)cc4)OC[C@@]23O)cc1. The van der Waals surface area contributed by atoms with Crippen LogP contribution in [0.1, 0.15) is 39.4 Å². The molecule has 2 aromatic carbocycles. The van der Waals surface area contributed by atoms with Gasteiger partial charge >= 0.3 is 5.97 Å². The Hall–Kier alpha value is -2.33. The van der Waals surface area contributed by atoms with E-state index in [4.69, 9.17) is 18.9 Å². The van der Waals surface area contributed by atoms with E-state index in [1.165, 1.54) is 7.11 Å². The number of hydrogen-bond donors (Lipinski definition) is 3. The van der Waals surface area contributed by atoms with E-state index in [9.17, 15) is 20.1 Å². The Balaban J connectivity index is 1.63. The summed E-state index contributed by atoms with van der Waals surface area (Å²) in [6.07, 6.45) is -4.82. The fourth-order valence-corrected chi connectivity index (χ4v) is 4.09. The molecule has 2 aliphatic rings. The van der Waals surface area contributed by atoms with Gasteiger partial charge in [0.2, 0.25) is 0 Å². The molecule has 8 heteroatoms. The number of ether oxygens (including phenoxy) is 4. The largest absolute Gasteiger partial charge is 0.465 e. The first-order chi connectivity index (χ1) is 14.9. The van der Waals surface area contributed by atoms with Crippen molar-refractivity contribution in [2.24, 2.45) is 0 Å². The molecule has 3 unspecified atom stereocenters. The van der Waals surface area contributed by atoms with E-state index in [0.29, 0.717) is 11.1 Å².